The van der Waals surface area contributed by atoms with Gasteiger partial charge in [0, 0.05) is 11.3 Å². The van der Waals surface area contributed by atoms with Gasteiger partial charge in [-0.3, -0.25) is 9.59 Å². The number of rotatable bonds is 4. The van der Waals surface area contributed by atoms with Gasteiger partial charge in [-0.05, 0) is 36.4 Å². The van der Waals surface area contributed by atoms with E-state index in [0.29, 0.717) is 0 Å². The van der Waals surface area contributed by atoms with E-state index in [1.807, 2.05) is 0 Å². The second-order valence-electron chi connectivity index (χ2n) is 5.55. The number of benzene rings is 2. The SMILES string of the molecule is O=C(c1ccc(NC(=O)C(O)(C(F)(F)F)C(F)(F)F)cc1)c1ccccc1F. The van der Waals surface area contributed by atoms with Gasteiger partial charge in [0.2, 0.25) is 0 Å². The number of aliphatic hydroxyl groups is 1. The summed E-state index contributed by atoms with van der Waals surface area (Å²) in [4.78, 5) is 23.7. The van der Waals surface area contributed by atoms with Crippen molar-refractivity contribution in [3.63, 3.8) is 0 Å². The van der Waals surface area contributed by atoms with Crippen molar-refractivity contribution in [3.8, 4) is 0 Å². The molecule has 0 spiro atoms. The average molecular weight is 409 g/mol. The summed E-state index contributed by atoms with van der Waals surface area (Å²) < 4.78 is 89.4. The monoisotopic (exact) mass is 409 g/mol. The molecule has 0 fully saturated rings. The fourth-order valence-electron chi connectivity index (χ4n) is 2.15. The number of ketones is 1. The normalized spacial score (nSPS) is 12.6. The summed E-state index contributed by atoms with van der Waals surface area (Å²) in [6, 6.07) is 8.53. The van der Waals surface area contributed by atoms with Gasteiger partial charge in [0.25, 0.3) is 5.91 Å². The third-order valence-electron chi connectivity index (χ3n) is 3.67. The van der Waals surface area contributed by atoms with Crippen molar-refractivity contribution in [2.24, 2.45) is 0 Å². The number of amides is 1. The zero-order valence-corrected chi connectivity index (χ0v) is 13.5. The van der Waals surface area contributed by atoms with Gasteiger partial charge in [-0.2, -0.15) is 26.3 Å². The summed E-state index contributed by atoms with van der Waals surface area (Å²) in [6.45, 7) is 0. The van der Waals surface area contributed by atoms with Crippen LogP contribution in [0.15, 0.2) is 48.5 Å². The molecule has 0 unspecified atom stereocenters. The van der Waals surface area contributed by atoms with Crippen LogP contribution in [-0.2, 0) is 4.79 Å². The Kier molecular flexibility index (Phi) is 5.51. The molecule has 2 N–H and O–H groups in total. The van der Waals surface area contributed by atoms with E-state index in [1.165, 1.54) is 23.5 Å². The minimum Gasteiger partial charge on any atom is -0.366 e. The highest BCUT2D eigenvalue weighted by Crippen LogP contribution is 2.43. The van der Waals surface area contributed by atoms with Gasteiger partial charge in [0.15, 0.2) is 5.78 Å². The fraction of sp³-hybridized carbons (Fsp3) is 0.176. The lowest BCUT2D eigenvalue weighted by Crippen LogP contribution is -2.64. The Labute approximate surface area is 152 Å². The third kappa shape index (κ3) is 3.84. The van der Waals surface area contributed by atoms with Crippen molar-refractivity contribution < 1.29 is 45.4 Å². The molecule has 0 aliphatic carbocycles. The molecule has 28 heavy (non-hydrogen) atoms. The fourth-order valence-corrected chi connectivity index (χ4v) is 2.15. The Bertz CT molecular complexity index is 875. The maximum Gasteiger partial charge on any atom is 0.435 e. The van der Waals surface area contributed by atoms with Crippen LogP contribution in [0.2, 0.25) is 0 Å². The van der Waals surface area contributed by atoms with Crippen molar-refractivity contribution >= 4 is 17.4 Å². The Morgan fingerprint density at radius 3 is 1.79 bits per heavy atom. The quantitative estimate of drug-likeness (QED) is 0.596. The predicted molar refractivity (Wildman–Crippen MR) is 82.0 cm³/mol. The van der Waals surface area contributed by atoms with Crippen LogP contribution < -0.4 is 5.32 Å². The predicted octanol–water partition coefficient (Wildman–Crippen LogP) is 3.85. The lowest BCUT2D eigenvalue weighted by atomic mass is 10.0. The van der Waals surface area contributed by atoms with E-state index in [2.05, 4.69) is 0 Å². The lowest BCUT2D eigenvalue weighted by molar-refractivity contribution is -0.348. The first kappa shape index (κ1) is 21.4. The highest BCUT2D eigenvalue weighted by molar-refractivity contribution is 6.09. The summed E-state index contributed by atoms with van der Waals surface area (Å²) in [5, 5.41) is 10.3. The van der Waals surface area contributed by atoms with Crippen LogP contribution in [0.4, 0.5) is 36.4 Å². The molecule has 0 radical (unpaired) electrons. The van der Waals surface area contributed by atoms with Gasteiger partial charge in [-0.25, -0.2) is 4.39 Å². The van der Waals surface area contributed by atoms with Crippen LogP contribution in [0, 0.1) is 5.82 Å². The number of hydrogen-bond donors (Lipinski definition) is 2. The molecule has 1 amide bonds. The zero-order chi connectivity index (χ0) is 21.3. The van der Waals surface area contributed by atoms with E-state index in [0.717, 1.165) is 30.3 Å². The molecule has 0 bridgehead atoms. The maximum absolute atomic E-state index is 13.6. The van der Waals surface area contributed by atoms with Crippen LogP contribution in [0.1, 0.15) is 15.9 Å². The zero-order valence-electron chi connectivity index (χ0n) is 13.5. The first-order valence-corrected chi connectivity index (χ1v) is 7.35. The van der Waals surface area contributed by atoms with Gasteiger partial charge in [0.1, 0.15) is 5.82 Å². The van der Waals surface area contributed by atoms with E-state index in [-0.39, 0.29) is 11.1 Å². The van der Waals surface area contributed by atoms with Gasteiger partial charge in [-0.15, -0.1) is 0 Å². The minimum atomic E-state index is -6.32. The van der Waals surface area contributed by atoms with Crippen molar-refractivity contribution in [1.29, 1.82) is 0 Å². The van der Waals surface area contributed by atoms with Crippen LogP contribution in [0.5, 0.6) is 0 Å². The van der Waals surface area contributed by atoms with Gasteiger partial charge >= 0.3 is 18.0 Å². The summed E-state index contributed by atoms with van der Waals surface area (Å²) in [6.07, 6.45) is -12.6. The number of anilines is 1. The molecule has 0 saturated heterocycles. The minimum absolute atomic E-state index is 0.134. The van der Waals surface area contributed by atoms with Crippen LogP contribution in [0.3, 0.4) is 0 Å². The van der Waals surface area contributed by atoms with E-state index < -0.39 is 41.1 Å². The molecule has 11 heteroatoms. The van der Waals surface area contributed by atoms with Crippen molar-refractivity contribution in [1.82, 2.24) is 0 Å². The van der Waals surface area contributed by atoms with E-state index in [9.17, 15) is 40.3 Å². The molecule has 2 rings (SSSR count). The Hall–Kier alpha value is -2.95. The number of carbonyl (C=O) groups excluding carboxylic acids is 2. The summed E-state index contributed by atoms with van der Waals surface area (Å²) >= 11 is 0. The molecule has 0 atom stereocenters. The molecule has 4 nitrogen and oxygen atoms in total. The van der Waals surface area contributed by atoms with Crippen molar-refractivity contribution in [3.05, 3.63) is 65.5 Å². The average Bonchev–Trinajstić information content (AvgIpc) is 2.59. The van der Waals surface area contributed by atoms with Crippen molar-refractivity contribution in [2.75, 3.05) is 5.32 Å². The molecule has 2 aromatic rings. The molecule has 0 heterocycles. The second-order valence-corrected chi connectivity index (χ2v) is 5.55. The van der Waals surface area contributed by atoms with Gasteiger partial charge < -0.3 is 10.4 Å². The lowest BCUT2D eigenvalue weighted by Gasteiger charge is -2.30. The Morgan fingerprint density at radius 2 is 1.32 bits per heavy atom. The molecule has 0 aromatic heterocycles. The number of hydrogen-bond acceptors (Lipinski definition) is 3. The third-order valence-corrected chi connectivity index (χ3v) is 3.67. The highest BCUT2D eigenvalue weighted by Gasteiger charge is 2.75. The standard InChI is InChI=1S/C17H10F7NO3/c18-12-4-2-1-3-11(12)13(26)9-5-7-10(8-6-9)25-14(27)15(28,16(19,20)21)17(22,23)24/h1-8,28H,(H,25,27). The number of nitrogens with one attached hydrogen (secondary N) is 1. The first-order valence-electron chi connectivity index (χ1n) is 7.35. The number of alkyl halides is 6. The molecule has 2 aromatic carbocycles. The van der Waals surface area contributed by atoms with Gasteiger partial charge in [-0.1, -0.05) is 12.1 Å². The summed E-state index contributed by atoms with van der Waals surface area (Å²) in [7, 11) is 0. The number of carbonyl (C=O) groups is 2. The van der Waals surface area contributed by atoms with Crippen molar-refractivity contribution in [2.45, 2.75) is 18.0 Å². The molecule has 150 valence electrons. The largest absolute Gasteiger partial charge is 0.435 e. The topological polar surface area (TPSA) is 66.4 Å². The molecule has 0 aliphatic rings. The summed E-state index contributed by atoms with van der Waals surface area (Å²) in [5.74, 6) is -4.39. The van der Waals surface area contributed by atoms with Crippen LogP contribution in [0.25, 0.3) is 0 Å². The van der Waals surface area contributed by atoms with Crippen LogP contribution in [-0.4, -0.2) is 34.8 Å². The van der Waals surface area contributed by atoms with E-state index >= 15 is 0 Å². The molecular formula is C17H10F7NO3. The van der Waals surface area contributed by atoms with E-state index in [4.69, 9.17) is 5.11 Å². The molecular weight excluding hydrogens is 399 g/mol. The first-order chi connectivity index (χ1) is 12.8. The number of halogens is 7. The van der Waals surface area contributed by atoms with E-state index in [1.54, 1.807) is 0 Å². The Morgan fingerprint density at radius 1 is 0.821 bits per heavy atom. The maximum atomic E-state index is 13.6. The second kappa shape index (κ2) is 7.23. The van der Waals surface area contributed by atoms with Crippen LogP contribution >= 0.6 is 0 Å². The highest BCUT2D eigenvalue weighted by atomic mass is 19.4. The van der Waals surface area contributed by atoms with Gasteiger partial charge in [0.05, 0.1) is 5.56 Å². The molecule has 0 saturated carbocycles. The molecule has 0 aliphatic heterocycles. The summed E-state index contributed by atoms with van der Waals surface area (Å²) in [5.41, 5.74) is -6.61. The smallest absolute Gasteiger partial charge is 0.366 e. The Balaban J connectivity index is 2.26.